The fourth-order valence-corrected chi connectivity index (χ4v) is 1.59. The van der Waals surface area contributed by atoms with Crippen molar-refractivity contribution in [3.05, 3.63) is 12.7 Å². The van der Waals surface area contributed by atoms with Crippen molar-refractivity contribution >= 4 is 5.97 Å². The Morgan fingerprint density at radius 3 is 1.71 bits per heavy atom. The number of carboxylic acid groups (broad SMARTS) is 1. The zero-order valence-electron chi connectivity index (χ0n) is 11.7. The highest BCUT2D eigenvalue weighted by Crippen LogP contribution is 2.10. The molecule has 0 atom stereocenters. The Morgan fingerprint density at radius 2 is 1.35 bits per heavy atom. The van der Waals surface area contributed by atoms with Crippen molar-refractivity contribution in [2.75, 3.05) is 0 Å². The molecule has 0 aromatic heterocycles. The predicted molar refractivity (Wildman–Crippen MR) is 75.4 cm³/mol. The standard InChI is InChI=1S/C12H24O2.C3H6/c1-2-3-4-5-6-7-8-9-10-11-12(13)14;1-3-2/h2-11H2,1H3,(H,13,14);3H,1H2,2H3. The van der Waals surface area contributed by atoms with E-state index >= 15 is 0 Å². The van der Waals surface area contributed by atoms with Gasteiger partial charge in [0.05, 0.1) is 0 Å². The Hall–Kier alpha value is -0.790. The molecule has 102 valence electrons. The van der Waals surface area contributed by atoms with Crippen LogP contribution in [0, 0.1) is 0 Å². The molecule has 0 aliphatic rings. The summed E-state index contributed by atoms with van der Waals surface area (Å²) in [5.74, 6) is -0.659. The van der Waals surface area contributed by atoms with Gasteiger partial charge in [0.2, 0.25) is 0 Å². The second-order valence-corrected chi connectivity index (χ2v) is 4.38. The molecular weight excluding hydrogens is 212 g/mol. The third-order valence-electron chi connectivity index (χ3n) is 2.49. The van der Waals surface area contributed by atoms with E-state index in [1.54, 1.807) is 6.08 Å². The summed E-state index contributed by atoms with van der Waals surface area (Å²) in [4.78, 5) is 10.2. The van der Waals surface area contributed by atoms with Gasteiger partial charge in [0.1, 0.15) is 0 Å². The summed E-state index contributed by atoms with van der Waals surface area (Å²) in [6, 6.07) is 0. The van der Waals surface area contributed by atoms with E-state index in [2.05, 4.69) is 13.5 Å². The van der Waals surface area contributed by atoms with Crippen molar-refractivity contribution in [2.24, 2.45) is 0 Å². The predicted octanol–water partition coefficient (Wildman–Crippen LogP) is 5.18. The maximum absolute atomic E-state index is 10.2. The maximum Gasteiger partial charge on any atom is 0.303 e. The molecule has 0 rings (SSSR count). The van der Waals surface area contributed by atoms with Crippen LogP contribution in [-0.4, -0.2) is 11.1 Å². The Bertz CT molecular complexity index is 164. The molecule has 17 heavy (non-hydrogen) atoms. The number of rotatable bonds is 10. The van der Waals surface area contributed by atoms with Crippen LogP contribution < -0.4 is 0 Å². The summed E-state index contributed by atoms with van der Waals surface area (Å²) in [6.07, 6.45) is 13.2. The molecule has 0 amide bonds. The summed E-state index contributed by atoms with van der Waals surface area (Å²) < 4.78 is 0. The van der Waals surface area contributed by atoms with E-state index < -0.39 is 5.97 Å². The summed E-state index contributed by atoms with van der Waals surface area (Å²) in [6.45, 7) is 7.48. The molecule has 0 fully saturated rings. The summed E-state index contributed by atoms with van der Waals surface area (Å²) >= 11 is 0. The molecule has 0 spiro atoms. The highest BCUT2D eigenvalue weighted by molar-refractivity contribution is 5.66. The normalized spacial score (nSPS) is 9.29. The number of hydrogen-bond donors (Lipinski definition) is 1. The highest BCUT2D eigenvalue weighted by atomic mass is 16.4. The fourth-order valence-electron chi connectivity index (χ4n) is 1.59. The fraction of sp³-hybridized carbons (Fsp3) is 0.800. The second kappa shape index (κ2) is 17.6. The van der Waals surface area contributed by atoms with Gasteiger partial charge in [-0.2, -0.15) is 0 Å². The van der Waals surface area contributed by atoms with E-state index in [-0.39, 0.29) is 0 Å². The lowest BCUT2D eigenvalue weighted by Gasteiger charge is -2.00. The van der Waals surface area contributed by atoms with Crippen LogP contribution in [0.5, 0.6) is 0 Å². The average molecular weight is 242 g/mol. The minimum atomic E-state index is -0.659. The lowest BCUT2D eigenvalue weighted by molar-refractivity contribution is -0.137. The summed E-state index contributed by atoms with van der Waals surface area (Å²) in [5.41, 5.74) is 0. The van der Waals surface area contributed by atoms with Crippen LogP contribution in [0.25, 0.3) is 0 Å². The monoisotopic (exact) mass is 242 g/mol. The quantitative estimate of drug-likeness (QED) is 0.423. The first-order chi connectivity index (χ1) is 8.18. The Labute approximate surface area is 107 Å². The van der Waals surface area contributed by atoms with Gasteiger partial charge in [-0.25, -0.2) is 0 Å². The number of carboxylic acids is 1. The van der Waals surface area contributed by atoms with Crippen molar-refractivity contribution in [1.82, 2.24) is 0 Å². The first-order valence-corrected chi connectivity index (χ1v) is 6.97. The van der Waals surface area contributed by atoms with Crippen molar-refractivity contribution < 1.29 is 9.90 Å². The van der Waals surface area contributed by atoms with E-state index in [1.807, 2.05) is 6.92 Å². The van der Waals surface area contributed by atoms with Gasteiger partial charge in [-0.3, -0.25) is 4.79 Å². The second-order valence-electron chi connectivity index (χ2n) is 4.38. The van der Waals surface area contributed by atoms with Crippen LogP contribution in [0.3, 0.4) is 0 Å². The third-order valence-corrected chi connectivity index (χ3v) is 2.49. The average Bonchev–Trinajstić information content (AvgIpc) is 2.27. The van der Waals surface area contributed by atoms with E-state index in [4.69, 9.17) is 5.11 Å². The molecule has 0 saturated heterocycles. The smallest absolute Gasteiger partial charge is 0.303 e. The molecule has 0 radical (unpaired) electrons. The number of allylic oxidation sites excluding steroid dienone is 1. The number of aliphatic carboxylic acids is 1. The van der Waals surface area contributed by atoms with Crippen molar-refractivity contribution in [2.45, 2.75) is 78.1 Å². The molecule has 1 N–H and O–H groups in total. The van der Waals surface area contributed by atoms with Crippen LogP contribution in [0.15, 0.2) is 12.7 Å². The van der Waals surface area contributed by atoms with Gasteiger partial charge in [0, 0.05) is 6.42 Å². The zero-order valence-corrected chi connectivity index (χ0v) is 11.7. The van der Waals surface area contributed by atoms with Gasteiger partial charge < -0.3 is 5.11 Å². The van der Waals surface area contributed by atoms with Gasteiger partial charge in [-0.05, 0) is 13.3 Å². The first kappa shape index (κ1) is 18.6. The van der Waals surface area contributed by atoms with Gasteiger partial charge in [-0.15, -0.1) is 6.58 Å². The zero-order chi connectivity index (χ0) is 13.4. The molecule has 0 aromatic carbocycles. The van der Waals surface area contributed by atoms with Gasteiger partial charge in [0.15, 0.2) is 0 Å². The molecule has 0 unspecified atom stereocenters. The van der Waals surface area contributed by atoms with Crippen LogP contribution in [0.2, 0.25) is 0 Å². The SMILES string of the molecule is C=CC.CCCCCCCCCCCC(=O)O. The molecule has 2 nitrogen and oxygen atoms in total. The van der Waals surface area contributed by atoms with E-state index in [1.165, 1.54) is 44.9 Å². The Morgan fingerprint density at radius 1 is 1.00 bits per heavy atom. The number of unbranched alkanes of at least 4 members (excludes halogenated alkanes) is 8. The summed E-state index contributed by atoms with van der Waals surface area (Å²) in [5, 5.41) is 8.41. The first-order valence-electron chi connectivity index (χ1n) is 6.97. The molecule has 0 saturated carbocycles. The van der Waals surface area contributed by atoms with Crippen molar-refractivity contribution in [3.63, 3.8) is 0 Å². The summed E-state index contributed by atoms with van der Waals surface area (Å²) in [7, 11) is 0. The molecular formula is C15H30O2. The largest absolute Gasteiger partial charge is 0.481 e. The molecule has 0 heterocycles. The van der Waals surface area contributed by atoms with E-state index in [9.17, 15) is 4.79 Å². The highest BCUT2D eigenvalue weighted by Gasteiger charge is 1.96. The lowest BCUT2D eigenvalue weighted by atomic mass is 10.1. The number of carbonyl (C=O) groups is 1. The molecule has 2 heteroatoms. The van der Waals surface area contributed by atoms with E-state index in [0.29, 0.717) is 6.42 Å². The maximum atomic E-state index is 10.2. The van der Waals surface area contributed by atoms with Crippen LogP contribution in [-0.2, 0) is 4.79 Å². The van der Waals surface area contributed by atoms with Crippen LogP contribution >= 0.6 is 0 Å². The minimum Gasteiger partial charge on any atom is -0.481 e. The third kappa shape index (κ3) is 25.5. The van der Waals surface area contributed by atoms with Crippen LogP contribution in [0.4, 0.5) is 0 Å². The van der Waals surface area contributed by atoms with E-state index in [0.717, 1.165) is 12.8 Å². The molecule has 0 aliphatic heterocycles. The minimum absolute atomic E-state index is 0.343. The van der Waals surface area contributed by atoms with Gasteiger partial charge >= 0.3 is 5.97 Å². The van der Waals surface area contributed by atoms with Gasteiger partial charge in [0.25, 0.3) is 0 Å². The molecule has 0 aliphatic carbocycles. The topological polar surface area (TPSA) is 37.3 Å². The van der Waals surface area contributed by atoms with Crippen LogP contribution in [0.1, 0.15) is 78.1 Å². The van der Waals surface area contributed by atoms with Gasteiger partial charge in [-0.1, -0.05) is 64.4 Å². The Balaban J connectivity index is 0. The number of hydrogen-bond acceptors (Lipinski definition) is 1. The van der Waals surface area contributed by atoms with Crippen molar-refractivity contribution in [3.8, 4) is 0 Å². The van der Waals surface area contributed by atoms with Crippen molar-refractivity contribution in [1.29, 1.82) is 0 Å². The molecule has 0 aromatic rings. The lowest BCUT2D eigenvalue weighted by Crippen LogP contribution is -1.93. The molecule has 0 bridgehead atoms. The Kier molecular flexibility index (Phi) is 19.2.